The van der Waals surface area contributed by atoms with E-state index >= 15 is 0 Å². The van der Waals surface area contributed by atoms with Crippen molar-refractivity contribution in [2.75, 3.05) is 0 Å². The van der Waals surface area contributed by atoms with Crippen molar-refractivity contribution in [3.8, 4) is 22.3 Å². The van der Waals surface area contributed by atoms with Crippen LogP contribution in [0.2, 0.25) is 0 Å². The van der Waals surface area contributed by atoms with Gasteiger partial charge in [0.25, 0.3) is 0 Å². The average Bonchev–Trinajstić information content (AvgIpc) is 2.78. The molecular formula is C30H43P. The Kier molecular flexibility index (Phi) is 7.92. The largest absolute Gasteiger partial charge is 0.116 e. The van der Waals surface area contributed by atoms with Gasteiger partial charge in [0, 0.05) is 0 Å². The van der Waals surface area contributed by atoms with E-state index in [1.54, 1.807) is 25.7 Å². The van der Waals surface area contributed by atoms with Gasteiger partial charge in [0.15, 0.2) is 0 Å². The van der Waals surface area contributed by atoms with E-state index in [1.165, 1.54) is 80.5 Å². The summed E-state index contributed by atoms with van der Waals surface area (Å²) in [5, 5.41) is 0. The second-order valence-corrected chi connectivity index (χ2v) is 12.7. The van der Waals surface area contributed by atoms with E-state index in [1.807, 2.05) is 0 Å². The molecule has 0 atom stereocenters. The smallest absolute Gasteiger partial charge is 0.00640 e. The Morgan fingerprint density at radius 2 is 1.19 bits per heavy atom. The molecule has 2 fully saturated rings. The van der Waals surface area contributed by atoms with Gasteiger partial charge in [-0.05, 0) is 82.2 Å². The van der Waals surface area contributed by atoms with Gasteiger partial charge >= 0.3 is 0 Å². The first kappa shape index (κ1) is 23.0. The molecular weight excluding hydrogens is 391 g/mol. The number of benzene rings is 2. The van der Waals surface area contributed by atoms with Gasteiger partial charge in [0.2, 0.25) is 0 Å². The summed E-state index contributed by atoms with van der Waals surface area (Å²) in [6.45, 7) is 9.13. The van der Waals surface area contributed by atoms with Gasteiger partial charge in [0.1, 0.15) is 0 Å². The molecule has 0 nitrogen and oxygen atoms in total. The van der Waals surface area contributed by atoms with Crippen molar-refractivity contribution in [2.45, 2.75) is 115 Å². The second kappa shape index (κ2) is 10.7. The SMILES string of the molecule is C1CCC(PC2CCCCC2)CC1.CC(C)c1cc2c(c(C(C)C)c1)-c1ccccc1-2. The van der Waals surface area contributed by atoms with Crippen molar-refractivity contribution in [2.24, 2.45) is 0 Å². The molecule has 0 saturated heterocycles. The van der Waals surface area contributed by atoms with Crippen molar-refractivity contribution >= 4 is 8.58 Å². The van der Waals surface area contributed by atoms with Crippen LogP contribution in [0.1, 0.15) is 115 Å². The Labute approximate surface area is 193 Å². The highest BCUT2D eigenvalue weighted by Crippen LogP contribution is 2.51. The van der Waals surface area contributed by atoms with E-state index in [2.05, 4.69) is 64.1 Å². The number of hydrogen-bond acceptors (Lipinski definition) is 0. The van der Waals surface area contributed by atoms with Crippen LogP contribution in [-0.2, 0) is 0 Å². The molecule has 5 rings (SSSR count). The van der Waals surface area contributed by atoms with Crippen molar-refractivity contribution in [3.63, 3.8) is 0 Å². The molecule has 0 aliphatic heterocycles. The molecule has 0 unspecified atom stereocenters. The average molecular weight is 435 g/mol. The van der Waals surface area contributed by atoms with E-state index in [4.69, 9.17) is 0 Å². The van der Waals surface area contributed by atoms with Gasteiger partial charge < -0.3 is 0 Å². The standard InChI is InChI=1S/C18H20.C12H23P/c1-11(2)13-9-16(12(3)4)18-15-8-6-5-7-14(15)17(18)10-13;1-3-7-11(8-4-1)13-12-9-5-2-6-10-12/h5-12H,1-4H3;11-13H,1-10H2. The number of rotatable bonds is 4. The highest BCUT2D eigenvalue weighted by Gasteiger charge is 2.26. The summed E-state index contributed by atoms with van der Waals surface area (Å²) in [5.74, 6) is 1.19. The third-order valence-electron chi connectivity index (χ3n) is 7.65. The van der Waals surface area contributed by atoms with E-state index < -0.39 is 0 Å². The fourth-order valence-electron chi connectivity index (χ4n) is 5.73. The maximum atomic E-state index is 2.41. The third-order valence-corrected chi connectivity index (χ3v) is 9.75. The molecule has 0 N–H and O–H groups in total. The van der Waals surface area contributed by atoms with Crippen LogP contribution < -0.4 is 0 Å². The molecule has 2 aromatic carbocycles. The lowest BCUT2D eigenvalue weighted by molar-refractivity contribution is 0.490. The molecule has 168 valence electrons. The lowest BCUT2D eigenvalue weighted by atomic mass is 9.74. The Hall–Kier alpha value is -1.13. The maximum absolute atomic E-state index is 2.41. The molecule has 3 aliphatic carbocycles. The molecule has 2 aromatic rings. The van der Waals surface area contributed by atoms with Crippen LogP contribution in [0.25, 0.3) is 22.3 Å². The molecule has 31 heavy (non-hydrogen) atoms. The Morgan fingerprint density at radius 1 is 0.645 bits per heavy atom. The van der Waals surface area contributed by atoms with Gasteiger partial charge in [-0.15, -0.1) is 8.58 Å². The second-order valence-electron chi connectivity index (χ2n) is 10.7. The quantitative estimate of drug-likeness (QED) is 0.358. The fourth-order valence-corrected chi connectivity index (χ4v) is 7.88. The zero-order chi connectivity index (χ0) is 21.8. The molecule has 1 heteroatoms. The fraction of sp³-hybridized carbons (Fsp3) is 0.600. The van der Waals surface area contributed by atoms with Gasteiger partial charge in [-0.3, -0.25) is 0 Å². The van der Waals surface area contributed by atoms with Crippen molar-refractivity contribution < 1.29 is 0 Å². The first-order chi connectivity index (χ1) is 15.0. The minimum Gasteiger partial charge on any atom is -0.116 e. The summed E-state index contributed by atoms with van der Waals surface area (Å²) in [7, 11) is 1.33. The minimum absolute atomic E-state index is 0.589. The predicted octanol–water partition coefficient (Wildman–Crippen LogP) is 9.91. The molecule has 3 aliphatic rings. The zero-order valence-electron chi connectivity index (χ0n) is 20.3. The molecule has 2 saturated carbocycles. The van der Waals surface area contributed by atoms with E-state index in [0.29, 0.717) is 11.8 Å². The molecule has 0 bridgehead atoms. The van der Waals surface area contributed by atoms with E-state index in [-0.39, 0.29) is 0 Å². The van der Waals surface area contributed by atoms with Crippen molar-refractivity contribution in [1.82, 2.24) is 0 Å². The normalized spacial score (nSPS) is 18.8. The van der Waals surface area contributed by atoms with Crippen LogP contribution in [0, 0.1) is 0 Å². The topological polar surface area (TPSA) is 0 Å². The van der Waals surface area contributed by atoms with Gasteiger partial charge in [-0.25, -0.2) is 0 Å². The number of fused-ring (bicyclic) bond motifs is 4. The van der Waals surface area contributed by atoms with Crippen molar-refractivity contribution in [3.05, 3.63) is 47.5 Å². The van der Waals surface area contributed by atoms with Crippen LogP contribution in [-0.4, -0.2) is 11.3 Å². The molecule has 0 radical (unpaired) electrons. The van der Waals surface area contributed by atoms with E-state index in [0.717, 1.165) is 11.3 Å². The lowest BCUT2D eigenvalue weighted by Gasteiger charge is -2.30. The first-order valence-corrected chi connectivity index (χ1v) is 14.2. The van der Waals surface area contributed by atoms with Crippen LogP contribution in [0.4, 0.5) is 0 Å². The predicted molar refractivity (Wildman–Crippen MR) is 141 cm³/mol. The molecule has 0 aromatic heterocycles. The van der Waals surface area contributed by atoms with Gasteiger partial charge in [-0.2, -0.15) is 0 Å². The van der Waals surface area contributed by atoms with Gasteiger partial charge in [0.05, 0.1) is 0 Å². The van der Waals surface area contributed by atoms with Crippen LogP contribution in [0.5, 0.6) is 0 Å². The third kappa shape index (κ3) is 5.45. The molecule has 0 spiro atoms. The summed E-state index contributed by atoms with van der Waals surface area (Å²) < 4.78 is 0. The summed E-state index contributed by atoms with van der Waals surface area (Å²) in [6, 6.07) is 13.6. The zero-order valence-corrected chi connectivity index (χ0v) is 21.3. The minimum atomic E-state index is 0.589. The Morgan fingerprint density at radius 3 is 1.71 bits per heavy atom. The highest BCUT2D eigenvalue weighted by molar-refractivity contribution is 7.39. The Balaban J connectivity index is 0.000000158. The lowest BCUT2D eigenvalue weighted by Crippen LogP contribution is -2.14. The summed E-state index contributed by atoms with van der Waals surface area (Å²) in [5.41, 5.74) is 11.1. The van der Waals surface area contributed by atoms with E-state index in [9.17, 15) is 0 Å². The number of hydrogen-bond donors (Lipinski definition) is 0. The highest BCUT2D eigenvalue weighted by atomic mass is 31.1. The molecule has 0 amide bonds. The van der Waals surface area contributed by atoms with Crippen LogP contribution >= 0.6 is 8.58 Å². The summed E-state index contributed by atoms with van der Waals surface area (Å²) >= 11 is 0. The maximum Gasteiger partial charge on any atom is -0.00640 e. The summed E-state index contributed by atoms with van der Waals surface area (Å²) in [4.78, 5) is 0. The molecule has 0 heterocycles. The van der Waals surface area contributed by atoms with Crippen LogP contribution in [0.15, 0.2) is 36.4 Å². The van der Waals surface area contributed by atoms with Gasteiger partial charge in [-0.1, -0.05) is 103 Å². The Bertz CT molecular complexity index is 835. The van der Waals surface area contributed by atoms with Crippen molar-refractivity contribution in [1.29, 1.82) is 0 Å². The first-order valence-electron chi connectivity index (χ1n) is 13.1. The van der Waals surface area contributed by atoms with Crippen LogP contribution in [0.3, 0.4) is 0 Å². The monoisotopic (exact) mass is 434 g/mol. The summed E-state index contributed by atoms with van der Waals surface area (Å²) in [6.07, 6.45) is 15.4.